The van der Waals surface area contributed by atoms with Crippen LogP contribution in [0.5, 0.6) is 0 Å². The summed E-state index contributed by atoms with van der Waals surface area (Å²) in [5.74, 6) is -3.84. The average molecular weight is 273 g/mol. The van der Waals surface area contributed by atoms with Crippen LogP contribution in [0.1, 0.15) is 17.3 Å². The van der Waals surface area contributed by atoms with Crippen LogP contribution < -0.4 is 5.32 Å². The fraction of sp³-hybridized carbons (Fsp3) is 0.333. The predicted molar refractivity (Wildman–Crippen MR) is 61.7 cm³/mol. The van der Waals surface area contributed by atoms with Crippen molar-refractivity contribution in [1.82, 2.24) is 5.32 Å². The summed E-state index contributed by atoms with van der Waals surface area (Å²) in [5.41, 5.74) is -0.0230. The minimum atomic E-state index is -1.11. The van der Waals surface area contributed by atoms with Gasteiger partial charge >= 0.3 is 5.97 Å². The van der Waals surface area contributed by atoms with Gasteiger partial charge in [-0.1, -0.05) is 0 Å². The molecule has 1 amide bonds. The zero-order valence-corrected chi connectivity index (χ0v) is 10.2. The highest BCUT2D eigenvalue weighted by atomic mass is 19.2. The van der Waals surface area contributed by atoms with Gasteiger partial charge in [-0.3, -0.25) is 4.79 Å². The maximum atomic E-state index is 12.9. The molecule has 1 rings (SSSR count). The van der Waals surface area contributed by atoms with Gasteiger partial charge in [0.2, 0.25) is 0 Å². The Morgan fingerprint density at radius 1 is 1.37 bits per heavy atom. The lowest BCUT2D eigenvalue weighted by Crippen LogP contribution is -2.30. The minimum absolute atomic E-state index is 0.00286. The molecule has 5 nitrogen and oxygen atoms in total. The number of hydrogen-bond acceptors (Lipinski definition) is 3. The Hall–Kier alpha value is -2.02. The molecule has 0 fully saturated rings. The molecule has 0 aliphatic carbocycles. The Balaban J connectivity index is 2.39. The third kappa shape index (κ3) is 4.63. The third-order valence-corrected chi connectivity index (χ3v) is 2.29. The van der Waals surface area contributed by atoms with Crippen molar-refractivity contribution in [2.75, 3.05) is 13.2 Å². The molecule has 0 aliphatic rings. The highest BCUT2D eigenvalue weighted by Gasteiger charge is 2.12. The fourth-order valence-electron chi connectivity index (χ4n) is 1.21. The molecule has 0 saturated carbocycles. The number of ether oxygens (including phenoxy) is 1. The molecule has 2 N–H and O–H groups in total. The van der Waals surface area contributed by atoms with Gasteiger partial charge in [0.15, 0.2) is 17.7 Å². The molecule has 0 saturated heterocycles. The minimum Gasteiger partial charge on any atom is -0.479 e. The van der Waals surface area contributed by atoms with Gasteiger partial charge in [-0.05, 0) is 25.1 Å². The summed E-state index contributed by atoms with van der Waals surface area (Å²) >= 11 is 0. The lowest BCUT2D eigenvalue weighted by Gasteiger charge is -2.09. The second kappa shape index (κ2) is 6.79. The van der Waals surface area contributed by atoms with Gasteiger partial charge in [-0.15, -0.1) is 0 Å². The molecular formula is C12H13F2NO4. The lowest BCUT2D eigenvalue weighted by molar-refractivity contribution is -0.148. The summed E-state index contributed by atoms with van der Waals surface area (Å²) in [4.78, 5) is 21.9. The van der Waals surface area contributed by atoms with Crippen LogP contribution in [0.2, 0.25) is 0 Å². The number of amides is 1. The van der Waals surface area contributed by atoms with Gasteiger partial charge in [-0.25, -0.2) is 13.6 Å². The Kier molecular flexibility index (Phi) is 5.37. The van der Waals surface area contributed by atoms with Gasteiger partial charge in [0.25, 0.3) is 5.91 Å². The summed E-state index contributed by atoms with van der Waals surface area (Å²) < 4.78 is 30.4. The first-order valence-electron chi connectivity index (χ1n) is 5.49. The van der Waals surface area contributed by atoms with E-state index in [1.807, 2.05) is 0 Å². The predicted octanol–water partition coefficient (Wildman–Crippen LogP) is 1.18. The van der Waals surface area contributed by atoms with E-state index in [1.165, 1.54) is 6.92 Å². The van der Waals surface area contributed by atoms with Crippen LogP contribution in [0.4, 0.5) is 8.78 Å². The monoisotopic (exact) mass is 273 g/mol. The molecular weight excluding hydrogens is 260 g/mol. The topological polar surface area (TPSA) is 75.6 Å². The first-order valence-corrected chi connectivity index (χ1v) is 5.49. The van der Waals surface area contributed by atoms with E-state index in [9.17, 15) is 18.4 Å². The van der Waals surface area contributed by atoms with E-state index in [0.29, 0.717) is 0 Å². The van der Waals surface area contributed by atoms with Crippen LogP contribution in [0, 0.1) is 11.6 Å². The molecule has 7 heteroatoms. The highest BCUT2D eigenvalue weighted by Crippen LogP contribution is 2.08. The SMILES string of the molecule is CC(OCCNC(=O)c1ccc(F)c(F)c1)C(=O)O. The maximum absolute atomic E-state index is 12.9. The number of benzene rings is 1. The zero-order chi connectivity index (χ0) is 14.4. The van der Waals surface area contributed by atoms with Crippen molar-refractivity contribution in [2.24, 2.45) is 0 Å². The largest absolute Gasteiger partial charge is 0.479 e. The van der Waals surface area contributed by atoms with Gasteiger partial charge in [-0.2, -0.15) is 0 Å². The number of aliphatic carboxylic acids is 1. The first kappa shape index (κ1) is 15.0. The molecule has 1 atom stereocenters. The van der Waals surface area contributed by atoms with Crippen LogP contribution in [0.3, 0.4) is 0 Å². The highest BCUT2D eigenvalue weighted by molar-refractivity contribution is 5.94. The summed E-state index contributed by atoms with van der Waals surface area (Å²) in [6.45, 7) is 1.43. The van der Waals surface area contributed by atoms with Gasteiger partial charge in [0.05, 0.1) is 6.61 Å². The van der Waals surface area contributed by atoms with Crippen molar-refractivity contribution in [3.8, 4) is 0 Å². The molecule has 19 heavy (non-hydrogen) atoms. The van der Waals surface area contributed by atoms with Gasteiger partial charge < -0.3 is 15.2 Å². The van der Waals surface area contributed by atoms with Gasteiger partial charge in [0.1, 0.15) is 0 Å². The number of carbonyl (C=O) groups is 2. The molecule has 1 aromatic rings. The molecule has 104 valence electrons. The second-order valence-electron chi connectivity index (χ2n) is 3.74. The third-order valence-electron chi connectivity index (χ3n) is 2.29. The van der Waals surface area contributed by atoms with Crippen LogP contribution in [0.25, 0.3) is 0 Å². The summed E-state index contributed by atoms with van der Waals surface area (Å²) in [6, 6.07) is 2.78. The van der Waals surface area contributed by atoms with Crippen LogP contribution in [0.15, 0.2) is 18.2 Å². The van der Waals surface area contributed by atoms with E-state index in [-0.39, 0.29) is 18.7 Å². The standard InChI is InChI=1S/C12H13F2NO4/c1-7(12(17)18)19-5-4-15-11(16)8-2-3-9(13)10(14)6-8/h2-3,6-7H,4-5H2,1H3,(H,15,16)(H,17,18). The number of carboxylic acids is 1. The number of carbonyl (C=O) groups excluding carboxylic acids is 1. The first-order chi connectivity index (χ1) is 8.91. The lowest BCUT2D eigenvalue weighted by atomic mass is 10.2. The number of nitrogens with one attached hydrogen (secondary N) is 1. The number of hydrogen-bond donors (Lipinski definition) is 2. The van der Waals surface area contributed by atoms with E-state index in [4.69, 9.17) is 9.84 Å². The Morgan fingerprint density at radius 3 is 2.63 bits per heavy atom. The Morgan fingerprint density at radius 2 is 2.05 bits per heavy atom. The Bertz CT molecular complexity index is 479. The average Bonchev–Trinajstić information content (AvgIpc) is 2.37. The van der Waals surface area contributed by atoms with Crippen LogP contribution in [-0.4, -0.2) is 36.2 Å². The van der Waals surface area contributed by atoms with Crippen LogP contribution >= 0.6 is 0 Å². The summed E-state index contributed by atoms with van der Waals surface area (Å²) in [7, 11) is 0. The van der Waals surface area contributed by atoms with Crippen molar-refractivity contribution < 1.29 is 28.2 Å². The van der Waals surface area contributed by atoms with Crippen molar-refractivity contribution >= 4 is 11.9 Å². The quantitative estimate of drug-likeness (QED) is 0.763. The molecule has 1 unspecified atom stereocenters. The van der Waals surface area contributed by atoms with E-state index in [2.05, 4.69) is 5.32 Å². The van der Waals surface area contributed by atoms with Gasteiger partial charge in [0, 0.05) is 12.1 Å². The number of halogens is 2. The second-order valence-corrected chi connectivity index (χ2v) is 3.74. The fourth-order valence-corrected chi connectivity index (χ4v) is 1.21. The van der Waals surface area contributed by atoms with E-state index in [1.54, 1.807) is 0 Å². The maximum Gasteiger partial charge on any atom is 0.332 e. The zero-order valence-electron chi connectivity index (χ0n) is 10.2. The molecule has 0 bridgehead atoms. The molecule has 1 aromatic carbocycles. The van der Waals surface area contributed by atoms with Crippen molar-refractivity contribution in [3.63, 3.8) is 0 Å². The smallest absolute Gasteiger partial charge is 0.332 e. The summed E-state index contributed by atoms with van der Waals surface area (Å²) in [6.07, 6.45) is -0.972. The molecule has 0 heterocycles. The van der Waals surface area contributed by atoms with E-state index >= 15 is 0 Å². The molecule has 0 aromatic heterocycles. The Labute approximate surface area is 108 Å². The normalized spacial score (nSPS) is 11.9. The van der Waals surface area contributed by atoms with Crippen molar-refractivity contribution in [1.29, 1.82) is 0 Å². The molecule has 0 radical (unpaired) electrons. The summed E-state index contributed by atoms with van der Waals surface area (Å²) in [5, 5.41) is 10.9. The van der Waals surface area contributed by atoms with Crippen LogP contribution in [-0.2, 0) is 9.53 Å². The molecule has 0 spiro atoms. The van der Waals surface area contributed by atoms with E-state index < -0.39 is 29.6 Å². The number of carboxylic acid groups (broad SMARTS) is 1. The van der Waals surface area contributed by atoms with Crippen molar-refractivity contribution in [3.05, 3.63) is 35.4 Å². The van der Waals surface area contributed by atoms with Crippen molar-refractivity contribution in [2.45, 2.75) is 13.0 Å². The van der Waals surface area contributed by atoms with E-state index in [0.717, 1.165) is 18.2 Å². The molecule has 0 aliphatic heterocycles. The number of rotatable bonds is 6.